The quantitative estimate of drug-likeness (QED) is 0.738. The van der Waals surface area contributed by atoms with E-state index in [4.69, 9.17) is 5.11 Å². The Morgan fingerprint density at radius 2 is 2.11 bits per heavy atom. The van der Waals surface area contributed by atoms with Crippen molar-refractivity contribution in [1.82, 2.24) is 9.62 Å². The third kappa shape index (κ3) is 3.66. The highest BCUT2D eigenvalue weighted by molar-refractivity contribution is 7.89. The zero-order chi connectivity index (χ0) is 13.2. The lowest BCUT2D eigenvalue weighted by Crippen LogP contribution is -2.47. The van der Waals surface area contributed by atoms with Gasteiger partial charge in [-0.3, -0.25) is 4.79 Å². The Morgan fingerprint density at radius 3 is 2.83 bits per heavy atom. The number of rotatable bonds is 5. The van der Waals surface area contributed by atoms with E-state index in [1.165, 1.54) is 6.42 Å². The summed E-state index contributed by atoms with van der Waals surface area (Å²) in [6.07, 6.45) is 3.68. The predicted molar refractivity (Wildman–Crippen MR) is 66.8 cm³/mol. The van der Waals surface area contributed by atoms with Gasteiger partial charge < -0.3 is 10.0 Å². The van der Waals surface area contributed by atoms with E-state index >= 15 is 0 Å². The molecule has 2 rings (SSSR count). The highest BCUT2D eigenvalue weighted by Crippen LogP contribution is 2.27. The van der Waals surface area contributed by atoms with Crippen LogP contribution in [0.5, 0.6) is 0 Å². The lowest BCUT2D eigenvalue weighted by molar-refractivity contribution is -0.136. The Bertz CT molecular complexity index is 409. The lowest BCUT2D eigenvalue weighted by atomic mass is 9.99. The molecule has 2 N–H and O–H groups in total. The fraction of sp³-hybridized carbons (Fsp3) is 0.909. The Labute approximate surface area is 107 Å². The third-order valence-corrected chi connectivity index (χ3v) is 5.19. The van der Waals surface area contributed by atoms with E-state index in [0.29, 0.717) is 6.04 Å². The van der Waals surface area contributed by atoms with E-state index in [9.17, 15) is 13.2 Å². The number of hydrogen-bond acceptors (Lipinski definition) is 4. The van der Waals surface area contributed by atoms with Crippen molar-refractivity contribution in [2.24, 2.45) is 0 Å². The van der Waals surface area contributed by atoms with E-state index in [-0.39, 0.29) is 18.2 Å². The van der Waals surface area contributed by atoms with Crippen molar-refractivity contribution in [3.63, 3.8) is 0 Å². The molecule has 0 aromatic heterocycles. The van der Waals surface area contributed by atoms with Crippen LogP contribution < -0.4 is 4.72 Å². The van der Waals surface area contributed by atoms with Crippen LogP contribution in [0, 0.1) is 0 Å². The van der Waals surface area contributed by atoms with Crippen molar-refractivity contribution in [3.8, 4) is 0 Å². The maximum absolute atomic E-state index is 11.7. The molecule has 0 saturated carbocycles. The number of hydrogen-bond donors (Lipinski definition) is 2. The Kier molecular flexibility index (Phi) is 4.24. The van der Waals surface area contributed by atoms with Crippen molar-refractivity contribution in [2.75, 3.05) is 18.8 Å². The number of nitrogens with one attached hydrogen (secondary N) is 1. The second kappa shape index (κ2) is 5.54. The van der Waals surface area contributed by atoms with Gasteiger partial charge in [0.2, 0.25) is 10.0 Å². The minimum absolute atomic E-state index is 0.0249. The molecule has 2 fully saturated rings. The molecule has 0 amide bonds. The number of nitrogens with zero attached hydrogens (tertiary/aromatic N) is 1. The van der Waals surface area contributed by atoms with E-state index in [1.807, 2.05) is 0 Å². The van der Waals surface area contributed by atoms with Crippen LogP contribution in [0.3, 0.4) is 0 Å². The summed E-state index contributed by atoms with van der Waals surface area (Å²) in [6, 6.07) is 0.481. The number of carbonyl (C=O) groups is 1. The summed E-state index contributed by atoms with van der Waals surface area (Å²) < 4.78 is 26.1. The molecule has 2 saturated heterocycles. The van der Waals surface area contributed by atoms with Gasteiger partial charge in [-0.15, -0.1) is 0 Å². The molecule has 104 valence electrons. The molecular weight excluding hydrogens is 256 g/mol. The van der Waals surface area contributed by atoms with Crippen molar-refractivity contribution in [2.45, 2.75) is 44.2 Å². The maximum Gasteiger partial charge on any atom is 0.304 e. The molecule has 0 bridgehead atoms. The van der Waals surface area contributed by atoms with Crippen LogP contribution in [-0.2, 0) is 14.8 Å². The molecule has 0 radical (unpaired) electrons. The standard InChI is InChI=1S/C11H20N2O4S/c14-11(15)4-7-18(16,17)12-9-3-6-13-5-1-2-10(13)8-9/h9-10,12H,1-8H2,(H,14,15). The smallest absolute Gasteiger partial charge is 0.304 e. The number of carboxylic acid groups (broad SMARTS) is 1. The highest BCUT2D eigenvalue weighted by Gasteiger charge is 2.33. The maximum atomic E-state index is 11.7. The Balaban J connectivity index is 1.84. The van der Waals surface area contributed by atoms with E-state index < -0.39 is 16.0 Å². The first kappa shape index (κ1) is 13.8. The van der Waals surface area contributed by atoms with Crippen LogP contribution >= 0.6 is 0 Å². The largest absolute Gasteiger partial charge is 0.481 e. The molecule has 2 atom stereocenters. The van der Waals surface area contributed by atoms with Crippen molar-refractivity contribution < 1.29 is 18.3 Å². The minimum atomic E-state index is -3.45. The van der Waals surface area contributed by atoms with Gasteiger partial charge in [0, 0.05) is 12.1 Å². The second-order valence-electron chi connectivity index (χ2n) is 5.13. The van der Waals surface area contributed by atoms with Crippen molar-refractivity contribution >= 4 is 16.0 Å². The summed E-state index contributed by atoms with van der Waals surface area (Å²) in [5, 5.41) is 8.51. The van der Waals surface area contributed by atoms with Gasteiger partial charge in [0.1, 0.15) is 0 Å². The average molecular weight is 276 g/mol. The number of fused-ring (bicyclic) bond motifs is 1. The Morgan fingerprint density at radius 1 is 1.33 bits per heavy atom. The van der Waals surface area contributed by atoms with Crippen molar-refractivity contribution in [3.05, 3.63) is 0 Å². The lowest BCUT2D eigenvalue weighted by Gasteiger charge is -2.34. The summed E-state index contributed by atoms with van der Waals surface area (Å²) >= 11 is 0. The molecule has 2 aliphatic heterocycles. The third-order valence-electron chi connectivity index (χ3n) is 3.75. The molecule has 0 aliphatic carbocycles. The fourth-order valence-electron chi connectivity index (χ4n) is 2.87. The van der Waals surface area contributed by atoms with E-state index in [0.717, 1.165) is 32.4 Å². The van der Waals surface area contributed by atoms with Gasteiger partial charge in [0.15, 0.2) is 0 Å². The van der Waals surface area contributed by atoms with Crippen LogP contribution in [0.1, 0.15) is 32.1 Å². The first-order chi connectivity index (χ1) is 8.46. The molecular formula is C11H20N2O4S. The molecule has 18 heavy (non-hydrogen) atoms. The van der Waals surface area contributed by atoms with Crippen LogP contribution in [0.25, 0.3) is 0 Å². The topological polar surface area (TPSA) is 86.7 Å². The first-order valence-electron chi connectivity index (χ1n) is 6.42. The number of piperidine rings is 1. The number of aliphatic carboxylic acids is 1. The van der Waals surface area contributed by atoms with Gasteiger partial charge in [-0.1, -0.05) is 0 Å². The van der Waals surface area contributed by atoms with Crippen LogP contribution in [0.2, 0.25) is 0 Å². The van der Waals surface area contributed by atoms with Crippen LogP contribution in [0.15, 0.2) is 0 Å². The molecule has 0 aromatic carbocycles. The molecule has 7 heteroatoms. The summed E-state index contributed by atoms with van der Waals surface area (Å²) in [5.41, 5.74) is 0. The number of carboxylic acids is 1. The van der Waals surface area contributed by atoms with Gasteiger partial charge >= 0.3 is 5.97 Å². The Hall–Kier alpha value is -0.660. The van der Waals surface area contributed by atoms with E-state index in [2.05, 4.69) is 9.62 Å². The van der Waals surface area contributed by atoms with Gasteiger partial charge in [-0.25, -0.2) is 13.1 Å². The summed E-state index contributed by atoms with van der Waals surface area (Å²) in [6.45, 7) is 2.07. The molecule has 2 unspecified atom stereocenters. The molecule has 0 spiro atoms. The van der Waals surface area contributed by atoms with Gasteiger partial charge in [-0.2, -0.15) is 0 Å². The molecule has 6 nitrogen and oxygen atoms in total. The van der Waals surface area contributed by atoms with Gasteiger partial charge in [0.05, 0.1) is 12.2 Å². The van der Waals surface area contributed by atoms with Crippen LogP contribution in [-0.4, -0.2) is 55.3 Å². The summed E-state index contributed by atoms with van der Waals surface area (Å²) in [7, 11) is -3.45. The zero-order valence-corrected chi connectivity index (χ0v) is 11.2. The highest BCUT2D eigenvalue weighted by atomic mass is 32.2. The molecule has 0 aromatic rings. The normalized spacial score (nSPS) is 29.1. The van der Waals surface area contributed by atoms with E-state index in [1.54, 1.807) is 0 Å². The second-order valence-corrected chi connectivity index (χ2v) is 7.01. The summed E-state index contributed by atoms with van der Waals surface area (Å²) in [4.78, 5) is 12.8. The first-order valence-corrected chi connectivity index (χ1v) is 8.07. The van der Waals surface area contributed by atoms with Crippen molar-refractivity contribution in [1.29, 1.82) is 0 Å². The minimum Gasteiger partial charge on any atom is -0.481 e. The predicted octanol–water partition coefficient (Wildman–Crippen LogP) is 0.00730. The SMILES string of the molecule is O=C(O)CCS(=O)(=O)NC1CCN2CCCC2C1. The molecule has 2 heterocycles. The van der Waals surface area contributed by atoms with Gasteiger partial charge in [-0.05, 0) is 38.8 Å². The average Bonchev–Trinajstić information content (AvgIpc) is 2.73. The monoisotopic (exact) mass is 276 g/mol. The van der Waals surface area contributed by atoms with Crippen LogP contribution in [0.4, 0.5) is 0 Å². The fourth-order valence-corrected chi connectivity index (χ4v) is 4.15. The molecule has 2 aliphatic rings. The van der Waals surface area contributed by atoms with Gasteiger partial charge in [0.25, 0.3) is 0 Å². The number of sulfonamides is 1. The zero-order valence-electron chi connectivity index (χ0n) is 10.3. The summed E-state index contributed by atoms with van der Waals surface area (Å²) in [5.74, 6) is -1.40.